The molecule has 0 unspecified atom stereocenters. The van der Waals surface area contributed by atoms with Crippen molar-refractivity contribution in [1.29, 1.82) is 0 Å². The zero-order valence-corrected chi connectivity index (χ0v) is 14.6. The number of hydrogen-bond donors (Lipinski definition) is 0. The number of aromatic nitrogens is 2. The molecule has 0 aliphatic carbocycles. The van der Waals surface area contributed by atoms with Crippen LogP contribution < -0.4 is 4.98 Å². The van der Waals surface area contributed by atoms with Crippen LogP contribution in [0, 0.1) is 5.51 Å². The van der Waals surface area contributed by atoms with Crippen molar-refractivity contribution in [3.05, 3.63) is 53.2 Å². The van der Waals surface area contributed by atoms with Crippen molar-refractivity contribution in [2.45, 2.75) is 17.0 Å². The molecule has 0 saturated carbocycles. The van der Waals surface area contributed by atoms with Gasteiger partial charge in [0.15, 0.2) is 0 Å². The summed E-state index contributed by atoms with van der Waals surface area (Å²) in [5.41, 5.74) is 4.22. The van der Waals surface area contributed by atoms with Gasteiger partial charge in [0.2, 0.25) is 0 Å². The molecule has 0 bridgehead atoms. The number of pyridine rings is 1. The summed E-state index contributed by atoms with van der Waals surface area (Å²) >= 11 is 1.48. The van der Waals surface area contributed by atoms with E-state index in [-0.39, 0.29) is 0 Å². The zero-order chi connectivity index (χ0) is 16.3. The lowest BCUT2D eigenvalue weighted by molar-refractivity contribution is -0.254. The molecule has 0 atom stereocenters. The average molecular weight is 389 g/mol. The predicted octanol–water partition coefficient (Wildman–Crippen LogP) is 5.30. The maximum Gasteiger partial charge on any atom is 0.417 e. The fourth-order valence-corrected chi connectivity index (χ4v) is 5.68. The maximum absolute atomic E-state index is 12.4. The van der Waals surface area contributed by atoms with Crippen molar-refractivity contribution in [3.63, 3.8) is 0 Å². The molecule has 2 heterocycles. The van der Waals surface area contributed by atoms with Gasteiger partial charge in [-0.1, -0.05) is 16.9 Å². The van der Waals surface area contributed by atoms with Crippen LogP contribution in [-0.2, 0) is 11.9 Å². The maximum atomic E-state index is 12.4. The third kappa shape index (κ3) is 4.47. The highest BCUT2D eigenvalue weighted by Crippen LogP contribution is 2.41. The van der Waals surface area contributed by atoms with Gasteiger partial charge in [0.1, 0.15) is 9.73 Å². The van der Waals surface area contributed by atoms with E-state index in [1.165, 1.54) is 38.0 Å². The Morgan fingerprint density at radius 2 is 2.09 bits per heavy atom. The minimum absolute atomic E-state index is 0.556. The monoisotopic (exact) mass is 389 g/mol. The summed E-state index contributed by atoms with van der Waals surface area (Å²) in [7, 11) is 4.44. The fraction of sp³-hybridized carbons (Fsp3) is 0.143. The standard InChI is InChI=1S/C14H8F3N2S4/c15-14(16,17)10-2-4-13(18-6-10)22-23-21-7-9-1-3-12-11(5-9)19-8-20-12/h1-6H,7H2/q+1. The highest BCUT2D eigenvalue weighted by molar-refractivity contribution is 9.09. The Hall–Kier alpha value is -1.08. The second-order valence-corrected chi connectivity index (χ2v) is 9.32. The molecule has 3 aromatic rings. The number of halogens is 3. The van der Waals surface area contributed by atoms with E-state index < -0.39 is 11.7 Å². The van der Waals surface area contributed by atoms with Gasteiger partial charge < -0.3 is 0 Å². The first-order chi connectivity index (χ1) is 11.0. The molecule has 0 saturated heterocycles. The van der Waals surface area contributed by atoms with Crippen LogP contribution in [0.1, 0.15) is 11.1 Å². The van der Waals surface area contributed by atoms with Crippen LogP contribution in [0.2, 0.25) is 0 Å². The molecule has 2 nitrogen and oxygen atoms in total. The Morgan fingerprint density at radius 1 is 1.22 bits per heavy atom. The average Bonchev–Trinajstić information content (AvgIpc) is 2.99. The Morgan fingerprint density at radius 3 is 2.83 bits per heavy atom. The third-order valence-corrected chi connectivity index (χ3v) is 7.41. The quantitative estimate of drug-likeness (QED) is 0.436. The Labute approximate surface area is 146 Å². The van der Waals surface area contributed by atoms with Crippen LogP contribution in [0.3, 0.4) is 0 Å². The largest absolute Gasteiger partial charge is 0.417 e. The first kappa shape index (κ1) is 16.8. The molecule has 0 radical (unpaired) electrons. The van der Waals surface area contributed by atoms with Crippen LogP contribution in [0.4, 0.5) is 13.2 Å². The fourth-order valence-electron chi connectivity index (χ4n) is 1.70. The molecule has 0 amide bonds. The molecular formula is C14H8F3N2S4+. The van der Waals surface area contributed by atoms with Crippen molar-refractivity contribution in [2.75, 3.05) is 0 Å². The third-order valence-electron chi connectivity index (χ3n) is 2.80. The number of nitrogens with zero attached hydrogens (tertiary/aromatic N) is 2. The van der Waals surface area contributed by atoms with Gasteiger partial charge in [0.25, 0.3) is 0 Å². The van der Waals surface area contributed by atoms with Gasteiger partial charge in [-0.2, -0.15) is 13.2 Å². The molecule has 118 valence electrons. The first-order valence-corrected chi connectivity index (χ1v) is 10.7. The van der Waals surface area contributed by atoms with E-state index >= 15 is 0 Å². The molecular weight excluding hydrogens is 381 g/mol. The highest BCUT2D eigenvalue weighted by atomic mass is 33.5. The SMILES string of the molecule is FC(F)(F)c1ccc(SSSCc2ccc3sc#[n+]c3c2)nc1. The van der Waals surface area contributed by atoms with E-state index in [9.17, 15) is 13.2 Å². The van der Waals surface area contributed by atoms with E-state index in [1.807, 2.05) is 18.2 Å². The number of hydrogen-bond acceptors (Lipinski definition) is 5. The number of fused-ring (bicyclic) bond motifs is 1. The van der Waals surface area contributed by atoms with Gasteiger partial charge in [-0.3, -0.25) is 0 Å². The van der Waals surface area contributed by atoms with E-state index in [0.29, 0.717) is 5.03 Å². The van der Waals surface area contributed by atoms with Gasteiger partial charge >= 0.3 is 17.2 Å². The zero-order valence-electron chi connectivity index (χ0n) is 11.3. The van der Waals surface area contributed by atoms with Gasteiger partial charge in [0, 0.05) is 29.4 Å². The molecule has 9 heteroatoms. The molecule has 0 spiro atoms. The van der Waals surface area contributed by atoms with Gasteiger partial charge in [-0.15, -0.1) is 0 Å². The van der Waals surface area contributed by atoms with Gasteiger partial charge in [-0.05, 0) is 49.4 Å². The second kappa shape index (κ2) is 7.21. The highest BCUT2D eigenvalue weighted by Gasteiger charge is 2.30. The summed E-state index contributed by atoms with van der Waals surface area (Å²) in [5.74, 6) is 0.784. The molecule has 2 aromatic heterocycles. The van der Waals surface area contributed by atoms with E-state index in [0.717, 1.165) is 33.8 Å². The summed E-state index contributed by atoms with van der Waals surface area (Å²) in [5, 5.41) is 0.556. The number of rotatable bonds is 5. The Balaban J connectivity index is 1.49. The second-order valence-electron chi connectivity index (χ2n) is 4.40. The minimum atomic E-state index is -4.34. The summed E-state index contributed by atoms with van der Waals surface area (Å²) in [6.07, 6.45) is -3.48. The lowest BCUT2D eigenvalue weighted by atomic mass is 10.2. The van der Waals surface area contributed by atoms with E-state index in [4.69, 9.17) is 0 Å². The lowest BCUT2D eigenvalue weighted by Crippen LogP contribution is -2.04. The summed E-state index contributed by atoms with van der Waals surface area (Å²) < 4.78 is 38.4. The smallest absolute Gasteiger partial charge is 0.248 e. The van der Waals surface area contributed by atoms with Crippen molar-refractivity contribution in [1.82, 2.24) is 4.98 Å². The molecule has 0 aliphatic rings. The van der Waals surface area contributed by atoms with Crippen LogP contribution in [0.25, 0.3) is 10.2 Å². The van der Waals surface area contributed by atoms with Gasteiger partial charge in [0.05, 0.1) is 5.56 Å². The van der Waals surface area contributed by atoms with Crippen molar-refractivity contribution >= 4 is 53.0 Å². The first-order valence-electron chi connectivity index (χ1n) is 6.27. The van der Waals surface area contributed by atoms with Crippen molar-refractivity contribution in [3.8, 4) is 0 Å². The summed E-state index contributed by atoms with van der Waals surface area (Å²) in [6.45, 7) is 0. The minimum Gasteiger partial charge on any atom is -0.248 e. The topological polar surface area (TPSA) is 27.0 Å². The van der Waals surface area contributed by atoms with Crippen LogP contribution in [-0.4, -0.2) is 4.98 Å². The van der Waals surface area contributed by atoms with Crippen LogP contribution >= 0.6 is 42.8 Å². The summed E-state index contributed by atoms with van der Waals surface area (Å²) in [4.78, 5) is 7.97. The molecule has 3 rings (SSSR count). The van der Waals surface area contributed by atoms with Crippen LogP contribution in [0.5, 0.6) is 0 Å². The molecule has 0 aliphatic heterocycles. The normalized spacial score (nSPS) is 11.6. The van der Waals surface area contributed by atoms with E-state index in [1.54, 1.807) is 10.8 Å². The molecule has 23 heavy (non-hydrogen) atoms. The summed E-state index contributed by atoms with van der Waals surface area (Å²) in [6, 6.07) is 8.53. The molecule has 0 fully saturated rings. The van der Waals surface area contributed by atoms with Crippen molar-refractivity contribution < 1.29 is 18.2 Å². The van der Waals surface area contributed by atoms with Gasteiger partial charge in [-0.25, -0.2) is 4.98 Å². The van der Waals surface area contributed by atoms with Crippen molar-refractivity contribution in [2.24, 2.45) is 0 Å². The number of alkyl halides is 3. The molecule has 1 aromatic carbocycles. The lowest BCUT2D eigenvalue weighted by Gasteiger charge is -2.06. The molecule has 0 N–H and O–H groups in total. The number of benzene rings is 1. The Kier molecular flexibility index (Phi) is 5.26. The van der Waals surface area contributed by atoms with Crippen LogP contribution in [0.15, 0.2) is 41.6 Å². The Bertz CT molecular complexity index is 787. The predicted molar refractivity (Wildman–Crippen MR) is 90.2 cm³/mol. The van der Waals surface area contributed by atoms with E-state index in [2.05, 4.69) is 15.5 Å².